The van der Waals surface area contributed by atoms with Crippen LogP contribution in [0, 0.1) is 0 Å². The molecule has 1 fully saturated rings. The minimum atomic E-state index is -0.0731. The van der Waals surface area contributed by atoms with Crippen LogP contribution >= 0.6 is 12.4 Å². The second-order valence-electron chi connectivity index (χ2n) is 6.09. The lowest BCUT2D eigenvalue weighted by molar-refractivity contribution is -0.116. The number of rotatable bonds is 3. The van der Waals surface area contributed by atoms with E-state index >= 15 is 0 Å². The molecule has 112 valence electrons. The van der Waals surface area contributed by atoms with E-state index in [4.69, 9.17) is 0 Å². The van der Waals surface area contributed by atoms with Gasteiger partial charge >= 0.3 is 0 Å². The van der Waals surface area contributed by atoms with Crippen LogP contribution in [0.15, 0.2) is 12.4 Å². The van der Waals surface area contributed by atoms with E-state index in [-0.39, 0.29) is 23.7 Å². The molecule has 2 N–H and O–H groups in total. The SMILES string of the molecule is CC(C)(C)c1ncc(NC(=O)CC2CCCN2)cn1.Cl. The van der Waals surface area contributed by atoms with Gasteiger partial charge in [0.15, 0.2) is 0 Å². The Kier molecular flexibility index (Phi) is 5.89. The molecule has 1 aromatic rings. The Bertz CT molecular complexity index is 435. The van der Waals surface area contributed by atoms with E-state index in [2.05, 4.69) is 41.4 Å². The van der Waals surface area contributed by atoms with E-state index in [0.29, 0.717) is 18.2 Å². The Morgan fingerprint density at radius 1 is 1.40 bits per heavy atom. The number of nitrogens with zero attached hydrogens (tertiary/aromatic N) is 2. The summed E-state index contributed by atoms with van der Waals surface area (Å²) < 4.78 is 0. The van der Waals surface area contributed by atoms with E-state index in [0.717, 1.165) is 25.2 Å². The van der Waals surface area contributed by atoms with Crippen molar-refractivity contribution in [2.45, 2.75) is 51.5 Å². The summed E-state index contributed by atoms with van der Waals surface area (Å²) in [7, 11) is 0. The zero-order chi connectivity index (χ0) is 13.9. The highest BCUT2D eigenvalue weighted by Gasteiger charge is 2.19. The smallest absolute Gasteiger partial charge is 0.226 e. The van der Waals surface area contributed by atoms with Crippen LogP contribution in [0.5, 0.6) is 0 Å². The molecule has 0 aromatic carbocycles. The van der Waals surface area contributed by atoms with Crippen molar-refractivity contribution in [3.8, 4) is 0 Å². The van der Waals surface area contributed by atoms with Crippen molar-refractivity contribution in [2.24, 2.45) is 0 Å². The maximum Gasteiger partial charge on any atom is 0.226 e. The fourth-order valence-corrected chi connectivity index (χ4v) is 2.15. The lowest BCUT2D eigenvalue weighted by Crippen LogP contribution is -2.27. The molecule has 1 saturated heterocycles. The minimum absolute atomic E-state index is 0. The van der Waals surface area contributed by atoms with Gasteiger partial charge in [-0.15, -0.1) is 12.4 Å². The summed E-state index contributed by atoms with van der Waals surface area (Å²) in [6.07, 6.45) is 6.09. The standard InChI is InChI=1S/C14H22N4O.ClH/c1-14(2,3)13-16-8-11(9-17-13)18-12(19)7-10-5-4-6-15-10;/h8-10,15H,4-7H2,1-3H3,(H,18,19);1H. The van der Waals surface area contributed by atoms with Crippen LogP contribution in [-0.2, 0) is 10.2 Å². The van der Waals surface area contributed by atoms with Crippen LogP contribution in [0.1, 0.15) is 45.9 Å². The molecule has 1 aromatic heterocycles. The third-order valence-electron chi connectivity index (χ3n) is 3.20. The molecular formula is C14H23ClN4O. The molecule has 20 heavy (non-hydrogen) atoms. The third kappa shape index (κ3) is 4.72. The number of hydrogen-bond donors (Lipinski definition) is 2. The average molecular weight is 299 g/mol. The monoisotopic (exact) mass is 298 g/mol. The lowest BCUT2D eigenvalue weighted by Gasteiger charge is -2.16. The molecule has 6 heteroatoms. The first kappa shape index (κ1) is 16.9. The van der Waals surface area contributed by atoms with Gasteiger partial charge in [-0.2, -0.15) is 0 Å². The van der Waals surface area contributed by atoms with Crippen LogP contribution in [0.2, 0.25) is 0 Å². The Morgan fingerprint density at radius 3 is 2.55 bits per heavy atom. The average Bonchev–Trinajstić information content (AvgIpc) is 2.81. The van der Waals surface area contributed by atoms with Crippen LogP contribution in [0.4, 0.5) is 5.69 Å². The second-order valence-corrected chi connectivity index (χ2v) is 6.09. The highest BCUT2D eigenvalue weighted by molar-refractivity contribution is 5.90. The summed E-state index contributed by atoms with van der Waals surface area (Å²) in [4.78, 5) is 20.4. The lowest BCUT2D eigenvalue weighted by atomic mass is 9.96. The Labute approximate surface area is 126 Å². The topological polar surface area (TPSA) is 66.9 Å². The van der Waals surface area contributed by atoms with Crippen molar-refractivity contribution in [3.05, 3.63) is 18.2 Å². The van der Waals surface area contributed by atoms with Crippen LogP contribution in [0.25, 0.3) is 0 Å². The Morgan fingerprint density at radius 2 is 2.05 bits per heavy atom. The summed E-state index contributed by atoms with van der Waals surface area (Å²) in [5.41, 5.74) is 0.590. The van der Waals surface area contributed by atoms with E-state index in [1.165, 1.54) is 0 Å². The first-order chi connectivity index (χ1) is 8.95. The van der Waals surface area contributed by atoms with Gasteiger partial charge < -0.3 is 10.6 Å². The zero-order valence-electron chi connectivity index (χ0n) is 12.3. The number of halogens is 1. The molecule has 0 spiro atoms. The molecule has 0 aliphatic carbocycles. The summed E-state index contributed by atoms with van der Waals surface area (Å²) in [6.45, 7) is 7.20. The molecule has 1 aliphatic heterocycles. The Balaban J connectivity index is 0.00000200. The van der Waals surface area contributed by atoms with Gasteiger partial charge in [-0.3, -0.25) is 4.79 Å². The molecule has 0 saturated carbocycles. The predicted octanol–water partition coefficient (Wildman–Crippen LogP) is 2.28. The summed E-state index contributed by atoms with van der Waals surface area (Å²) in [5.74, 6) is 0.800. The van der Waals surface area contributed by atoms with Crippen molar-refractivity contribution >= 4 is 24.0 Å². The van der Waals surface area contributed by atoms with E-state index in [1.807, 2.05) is 0 Å². The molecule has 2 heterocycles. The number of hydrogen-bond acceptors (Lipinski definition) is 4. The van der Waals surface area contributed by atoms with E-state index in [1.54, 1.807) is 12.4 Å². The molecule has 1 atom stereocenters. The first-order valence-electron chi connectivity index (χ1n) is 6.81. The van der Waals surface area contributed by atoms with Gasteiger partial charge in [-0.05, 0) is 19.4 Å². The molecule has 0 radical (unpaired) electrons. The molecule has 0 bridgehead atoms. The maximum absolute atomic E-state index is 11.8. The number of anilines is 1. The van der Waals surface area contributed by atoms with Gasteiger partial charge in [-0.25, -0.2) is 9.97 Å². The normalized spacial score (nSPS) is 18.4. The number of nitrogens with one attached hydrogen (secondary N) is 2. The summed E-state index contributed by atoms with van der Waals surface area (Å²) >= 11 is 0. The molecular weight excluding hydrogens is 276 g/mol. The van der Waals surface area contributed by atoms with Crippen LogP contribution in [-0.4, -0.2) is 28.5 Å². The van der Waals surface area contributed by atoms with Gasteiger partial charge in [0.25, 0.3) is 0 Å². The highest BCUT2D eigenvalue weighted by Crippen LogP contribution is 2.18. The number of carbonyl (C=O) groups is 1. The van der Waals surface area contributed by atoms with Crippen molar-refractivity contribution < 1.29 is 4.79 Å². The largest absolute Gasteiger partial charge is 0.323 e. The minimum Gasteiger partial charge on any atom is -0.323 e. The molecule has 1 unspecified atom stereocenters. The fourth-order valence-electron chi connectivity index (χ4n) is 2.15. The summed E-state index contributed by atoms with van der Waals surface area (Å²) in [5, 5.41) is 6.15. The summed E-state index contributed by atoms with van der Waals surface area (Å²) in [6, 6.07) is 0.315. The van der Waals surface area contributed by atoms with Crippen molar-refractivity contribution in [3.63, 3.8) is 0 Å². The van der Waals surface area contributed by atoms with Crippen LogP contribution in [0.3, 0.4) is 0 Å². The first-order valence-corrected chi connectivity index (χ1v) is 6.81. The van der Waals surface area contributed by atoms with E-state index in [9.17, 15) is 4.79 Å². The number of carbonyl (C=O) groups excluding carboxylic acids is 1. The van der Waals surface area contributed by atoms with Crippen molar-refractivity contribution in [1.29, 1.82) is 0 Å². The predicted molar refractivity (Wildman–Crippen MR) is 82.3 cm³/mol. The Hall–Kier alpha value is -1.20. The molecule has 1 amide bonds. The zero-order valence-corrected chi connectivity index (χ0v) is 13.1. The molecule has 1 aliphatic rings. The van der Waals surface area contributed by atoms with Gasteiger partial charge in [-0.1, -0.05) is 20.8 Å². The van der Waals surface area contributed by atoms with Crippen molar-refractivity contribution in [1.82, 2.24) is 15.3 Å². The third-order valence-corrected chi connectivity index (χ3v) is 3.20. The maximum atomic E-state index is 11.8. The quantitative estimate of drug-likeness (QED) is 0.898. The van der Waals surface area contributed by atoms with Gasteiger partial charge in [0.1, 0.15) is 5.82 Å². The highest BCUT2D eigenvalue weighted by atomic mass is 35.5. The number of aromatic nitrogens is 2. The van der Waals surface area contributed by atoms with Crippen LogP contribution < -0.4 is 10.6 Å². The molecule has 5 nitrogen and oxygen atoms in total. The van der Waals surface area contributed by atoms with E-state index < -0.39 is 0 Å². The van der Waals surface area contributed by atoms with Crippen molar-refractivity contribution in [2.75, 3.05) is 11.9 Å². The van der Waals surface area contributed by atoms with Gasteiger partial charge in [0.05, 0.1) is 18.1 Å². The van der Waals surface area contributed by atoms with Gasteiger partial charge in [0.2, 0.25) is 5.91 Å². The number of amides is 1. The fraction of sp³-hybridized carbons (Fsp3) is 0.643. The second kappa shape index (κ2) is 6.99. The van der Waals surface area contributed by atoms with Gasteiger partial charge in [0, 0.05) is 17.9 Å². The molecule has 2 rings (SSSR count).